The predicted octanol–water partition coefficient (Wildman–Crippen LogP) is 2.39. The Morgan fingerprint density at radius 2 is 1.93 bits per heavy atom. The van der Waals surface area contributed by atoms with E-state index in [0.717, 1.165) is 4.47 Å². The topological polar surface area (TPSA) is 72.3 Å². The summed E-state index contributed by atoms with van der Waals surface area (Å²) in [5, 5.41) is 9.76. The molecule has 0 heterocycles. The van der Waals surface area contributed by atoms with Gasteiger partial charge >= 0.3 is 0 Å². The fourth-order valence-corrected chi connectivity index (χ4v) is 1.83. The Bertz CT molecular complexity index is 339. The Kier molecular flexibility index (Phi) is 3.39. The highest BCUT2D eigenvalue weighted by Gasteiger charge is 2.19. The van der Waals surface area contributed by atoms with E-state index in [0.29, 0.717) is 11.3 Å². The van der Waals surface area contributed by atoms with Crippen molar-refractivity contribution in [3.8, 4) is 5.75 Å². The number of anilines is 1. The van der Waals surface area contributed by atoms with Crippen molar-refractivity contribution >= 4 is 21.6 Å². The van der Waals surface area contributed by atoms with Gasteiger partial charge in [-0.1, -0.05) is 29.8 Å². The summed E-state index contributed by atoms with van der Waals surface area (Å²) in [6, 6.07) is 3.23. The molecule has 0 fully saturated rings. The average molecular weight is 259 g/mol. The Labute approximate surface area is 92.2 Å². The zero-order valence-electron chi connectivity index (χ0n) is 8.29. The molecule has 0 aromatic heterocycles. The van der Waals surface area contributed by atoms with Gasteiger partial charge in [0.2, 0.25) is 0 Å². The van der Waals surface area contributed by atoms with Crippen molar-refractivity contribution in [2.45, 2.75) is 19.9 Å². The van der Waals surface area contributed by atoms with Crippen LogP contribution < -0.4 is 11.5 Å². The van der Waals surface area contributed by atoms with Gasteiger partial charge in [0.15, 0.2) is 0 Å². The lowest BCUT2D eigenvalue weighted by molar-refractivity contribution is 0.441. The first-order valence-electron chi connectivity index (χ1n) is 4.47. The molecule has 1 rings (SSSR count). The minimum Gasteiger partial charge on any atom is -0.505 e. The molecule has 1 aromatic carbocycles. The van der Waals surface area contributed by atoms with E-state index in [2.05, 4.69) is 15.9 Å². The van der Waals surface area contributed by atoms with E-state index in [9.17, 15) is 5.11 Å². The Morgan fingerprint density at radius 3 is 2.43 bits per heavy atom. The van der Waals surface area contributed by atoms with E-state index in [-0.39, 0.29) is 17.7 Å². The molecule has 0 saturated heterocycles. The van der Waals surface area contributed by atoms with Crippen LogP contribution >= 0.6 is 15.9 Å². The van der Waals surface area contributed by atoms with E-state index in [1.165, 1.54) is 0 Å². The summed E-state index contributed by atoms with van der Waals surface area (Å²) in [5.74, 6) is 0.333. The predicted molar refractivity (Wildman–Crippen MR) is 62.0 cm³/mol. The van der Waals surface area contributed by atoms with Crippen molar-refractivity contribution in [3.05, 3.63) is 22.2 Å². The first-order chi connectivity index (χ1) is 6.45. The third-order valence-electron chi connectivity index (χ3n) is 2.25. The number of phenolic OH excluding ortho intramolecular Hbond substituents is 1. The molecule has 0 aliphatic carbocycles. The van der Waals surface area contributed by atoms with Crippen LogP contribution in [0.1, 0.15) is 25.5 Å². The molecule has 0 unspecified atom stereocenters. The molecule has 5 N–H and O–H groups in total. The van der Waals surface area contributed by atoms with Gasteiger partial charge in [-0.05, 0) is 18.1 Å². The van der Waals surface area contributed by atoms with E-state index >= 15 is 0 Å². The highest BCUT2D eigenvalue weighted by molar-refractivity contribution is 9.10. The number of halogens is 1. The van der Waals surface area contributed by atoms with Crippen molar-refractivity contribution < 1.29 is 5.11 Å². The van der Waals surface area contributed by atoms with Crippen molar-refractivity contribution in [1.82, 2.24) is 0 Å². The van der Waals surface area contributed by atoms with Crippen LogP contribution in [0, 0.1) is 5.92 Å². The number of phenols is 1. The van der Waals surface area contributed by atoms with E-state index in [4.69, 9.17) is 11.5 Å². The average Bonchev–Trinajstić information content (AvgIpc) is 2.12. The van der Waals surface area contributed by atoms with Gasteiger partial charge in [-0.25, -0.2) is 0 Å². The van der Waals surface area contributed by atoms with Gasteiger partial charge in [0.1, 0.15) is 5.75 Å². The van der Waals surface area contributed by atoms with Crippen LogP contribution in [0.2, 0.25) is 0 Å². The molecule has 0 saturated carbocycles. The zero-order chi connectivity index (χ0) is 10.9. The molecule has 3 nitrogen and oxygen atoms in total. The monoisotopic (exact) mass is 258 g/mol. The molecular formula is C10H15BrN2O. The number of benzene rings is 1. The second kappa shape index (κ2) is 4.19. The van der Waals surface area contributed by atoms with Crippen LogP contribution in [-0.2, 0) is 0 Å². The molecule has 14 heavy (non-hydrogen) atoms. The Morgan fingerprint density at radius 1 is 1.36 bits per heavy atom. The van der Waals surface area contributed by atoms with Gasteiger partial charge in [-0.2, -0.15) is 0 Å². The molecule has 0 radical (unpaired) electrons. The summed E-state index contributed by atoms with van der Waals surface area (Å²) >= 11 is 3.35. The second-order valence-corrected chi connectivity index (χ2v) is 4.52. The number of nitrogens with two attached hydrogens (primary N) is 2. The smallest absolute Gasteiger partial charge is 0.144 e. The quantitative estimate of drug-likeness (QED) is 0.564. The zero-order valence-corrected chi connectivity index (χ0v) is 9.88. The van der Waals surface area contributed by atoms with Crippen LogP contribution in [-0.4, -0.2) is 5.11 Å². The Hall–Kier alpha value is -0.740. The second-order valence-electron chi connectivity index (χ2n) is 3.67. The molecule has 0 bridgehead atoms. The fourth-order valence-electron chi connectivity index (χ4n) is 1.25. The number of rotatable bonds is 2. The molecule has 1 atom stereocenters. The summed E-state index contributed by atoms with van der Waals surface area (Å²) in [5.41, 5.74) is 12.6. The maximum Gasteiger partial charge on any atom is 0.144 e. The molecule has 0 aliphatic rings. The van der Waals surface area contributed by atoms with Crippen molar-refractivity contribution in [1.29, 1.82) is 0 Å². The standard InChI is InChI=1S/C10H15BrN2O/c1-5(2)9(13)8-6(11)3-4-7(12)10(8)14/h3-5,9,14H,12-13H2,1-2H3/t9-/m1/s1. The minimum atomic E-state index is -0.215. The minimum absolute atomic E-state index is 0.0839. The number of hydrogen-bond acceptors (Lipinski definition) is 3. The van der Waals surface area contributed by atoms with Crippen molar-refractivity contribution in [2.75, 3.05) is 5.73 Å². The third-order valence-corrected chi connectivity index (χ3v) is 2.94. The Balaban J connectivity index is 3.25. The number of nitrogen functional groups attached to an aromatic ring is 1. The highest BCUT2D eigenvalue weighted by Crippen LogP contribution is 2.37. The molecule has 0 amide bonds. The van der Waals surface area contributed by atoms with Crippen molar-refractivity contribution in [3.63, 3.8) is 0 Å². The lowest BCUT2D eigenvalue weighted by Crippen LogP contribution is -2.17. The van der Waals surface area contributed by atoms with E-state index in [1.807, 2.05) is 13.8 Å². The maximum absolute atomic E-state index is 9.76. The van der Waals surface area contributed by atoms with Gasteiger partial charge in [-0.15, -0.1) is 0 Å². The number of aromatic hydroxyl groups is 1. The van der Waals surface area contributed by atoms with Gasteiger partial charge in [0.25, 0.3) is 0 Å². The van der Waals surface area contributed by atoms with Gasteiger partial charge in [0.05, 0.1) is 5.69 Å². The fraction of sp³-hybridized carbons (Fsp3) is 0.400. The number of hydrogen-bond donors (Lipinski definition) is 3. The molecular weight excluding hydrogens is 244 g/mol. The van der Waals surface area contributed by atoms with Gasteiger partial charge in [0, 0.05) is 16.1 Å². The van der Waals surface area contributed by atoms with E-state index in [1.54, 1.807) is 12.1 Å². The highest BCUT2D eigenvalue weighted by atomic mass is 79.9. The summed E-state index contributed by atoms with van der Waals surface area (Å²) in [4.78, 5) is 0. The first-order valence-corrected chi connectivity index (χ1v) is 5.26. The summed E-state index contributed by atoms with van der Waals surface area (Å²) in [6.45, 7) is 4.00. The summed E-state index contributed by atoms with van der Waals surface area (Å²) < 4.78 is 0.797. The summed E-state index contributed by atoms with van der Waals surface area (Å²) in [6.07, 6.45) is 0. The molecule has 1 aromatic rings. The van der Waals surface area contributed by atoms with Crippen LogP contribution in [0.5, 0.6) is 5.75 Å². The van der Waals surface area contributed by atoms with Crippen molar-refractivity contribution in [2.24, 2.45) is 11.7 Å². The SMILES string of the molecule is CC(C)[C@@H](N)c1c(Br)ccc(N)c1O. The molecule has 0 aliphatic heterocycles. The van der Waals surface area contributed by atoms with Gasteiger partial charge in [-0.3, -0.25) is 0 Å². The first kappa shape index (κ1) is 11.3. The molecule has 4 heteroatoms. The van der Waals surface area contributed by atoms with Crippen LogP contribution in [0.25, 0.3) is 0 Å². The lowest BCUT2D eigenvalue weighted by atomic mass is 9.96. The van der Waals surface area contributed by atoms with Crippen LogP contribution in [0.4, 0.5) is 5.69 Å². The van der Waals surface area contributed by atoms with E-state index < -0.39 is 0 Å². The normalized spacial score (nSPS) is 13.2. The van der Waals surface area contributed by atoms with Gasteiger partial charge < -0.3 is 16.6 Å². The lowest BCUT2D eigenvalue weighted by Gasteiger charge is -2.19. The summed E-state index contributed by atoms with van der Waals surface area (Å²) in [7, 11) is 0. The third kappa shape index (κ3) is 2.01. The molecule has 78 valence electrons. The van der Waals surface area contributed by atoms with Crippen LogP contribution in [0.15, 0.2) is 16.6 Å². The molecule has 0 spiro atoms. The maximum atomic E-state index is 9.76. The van der Waals surface area contributed by atoms with Crippen LogP contribution in [0.3, 0.4) is 0 Å². The largest absolute Gasteiger partial charge is 0.505 e.